The molecule has 45 heavy (non-hydrogen) atoms. The average molecular weight is 618 g/mol. The first-order valence-corrected chi connectivity index (χ1v) is 16.4. The molecule has 4 amide bonds. The van der Waals surface area contributed by atoms with Crippen LogP contribution in [0.2, 0.25) is 0 Å². The number of amides is 4. The number of likely N-dealkylation sites (N-methyl/N-ethyl adjacent to an activating group) is 1. The second-order valence-electron chi connectivity index (χ2n) is 12.7. The van der Waals surface area contributed by atoms with Crippen molar-refractivity contribution in [1.82, 2.24) is 26.2 Å². The Hall–Kier alpha value is -3.92. The van der Waals surface area contributed by atoms with Crippen molar-refractivity contribution in [2.45, 2.75) is 94.9 Å². The summed E-state index contributed by atoms with van der Waals surface area (Å²) in [6.45, 7) is 1.94. The highest BCUT2D eigenvalue weighted by molar-refractivity contribution is 5.96. The Kier molecular flexibility index (Phi) is 10.8. The number of hydrogen-bond donors (Lipinski definition) is 4. The minimum absolute atomic E-state index is 0.0152. The molecule has 1 saturated carbocycles. The van der Waals surface area contributed by atoms with E-state index in [9.17, 15) is 19.2 Å². The molecule has 1 saturated heterocycles. The van der Waals surface area contributed by atoms with Crippen molar-refractivity contribution in [3.63, 3.8) is 0 Å². The molecule has 3 aliphatic rings. The Labute approximate surface area is 266 Å². The van der Waals surface area contributed by atoms with Gasteiger partial charge in [-0.05, 0) is 87.7 Å². The van der Waals surface area contributed by atoms with Crippen LogP contribution in [0.25, 0.3) is 0 Å². The maximum absolute atomic E-state index is 14.5. The van der Waals surface area contributed by atoms with Gasteiger partial charge >= 0.3 is 0 Å². The number of benzene rings is 2. The maximum atomic E-state index is 14.5. The van der Waals surface area contributed by atoms with Gasteiger partial charge < -0.3 is 30.9 Å². The summed E-state index contributed by atoms with van der Waals surface area (Å²) in [4.78, 5) is 56.5. The van der Waals surface area contributed by atoms with Gasteiger partial charge in [-0.3, -0.25) is 19.2 Å². The molecular weight excluding hydrogens is 570 g/mol. The number of nitrogens with one attached hydrogen (secondary N) is 4. The summed E-state index contributed by atoms with van der Waals surface area (Å²) in [6, 6.07) is 12.5. The van der Waals surface area contributed by atoms with Crippen molar-refractivity contribution >= 4 is 23.6 Å². The van der Waals surface area contributed by atoms with Gasteiger partial charge in [0.15, 0.2) is 0 Å². The molecule has 2 aromatic rings. The lowest BCUT2D eigenvalue weighted by Gasteiger charge is -2.35. The molecule has 0 radical (unpaired) electrons. The first-order chi connectivity index (χ1) is 21.8. The number of carbonyl (C=O) groups is 4. The fraction of sp³-hybridized carbons (Fsp3) is 0.543. The van der Waals surface area contributed by atoms with Crippen molar-refractivity contribution in [1.29, 1.82) is 0 Å². The van der Waals surface area contributed by atoms with Crippen LogP contribution in [0.3, 0.4) is 0 Å². The van der Waals surface area contributed by atoms with Gasteiger partial charge in [0.25, 0.3) is 5.91 Å². The quantitative estimate of drug-likeness (QED) is 0.324. The lowest BCUT2D eigenvalue weighted by Crippen LogP contribution is -2.58. The molecule has 0 aromatic heterocycles. The van der Waals surface area contributed by atoms with Crippen LogP contribution in [-0.4, -0.2) is 73.4 Å². The zero-order valence-corrected chi connectivity index (χ0v) is 26.6. The Morgan fingerprint density at radius 3 is 2.47 bits per heavy atom. The van der Waals surface area contributed by atoms with Gasteiger partial charge in [0.1, 0.15) is 17.8 Å². The number of methoxy groups -OCH3 is 1. The first kappa shape index (κ1) is 32.5. The van der Waals surface area contributed by atoms with E-state index >= 15 is 0 Å². The molecule has 0 bridgehead atoms. The molecular formula is C35H47N5O5. The minimum atomic E-state index is -0.785. The van der Waals surface area contributed by atoms with E-state index in [2.05, 4.69) is 33.4 Å². The molecule has 1 heterocycles. The van der Waals surface area contributed by atoms with E-state index < -0.39 is 24.2 Å². The second kappa shape index (κ2) is 14.9. The number of likely N-dealkylation sites (tertiary alicyclic amines) is 1. The van der Waals surface area contributed by atoms with Crippen LogP contribution in [-0.2, 0) is 20.8 Å². The van der Waals surface area contributed by atoms with E-state index in [0.717, 1.165) is 56.9 Å². The molecule has 0 unspecified atom stereocenters. The summed E-state index contributed by atoms with van der Waals surface area (Å²) in [5.41, 5.74) is 2.78. The fourth-order valence-corrected chi connectivity index (χ4v) is 7.07. The predicted molar refractivity (Wildman–Crippen MR) is 172 cm³/mol. The Bertz CT molecular complexity index is 1380. The number of carbonyl (C=O) groups excluding carboxylic acids is 4. The highest BCUT2D eigenvalue weighted by Gasteiger charge is 2.45. The van der Waals surface area contributed by atoms with Gasteiger partial charge in [-0.15, -0.1) is 0 Å². The van der Waals surface area contributed by atoms with E-state index in [1.165, 1.54) is 5.56 Å². The van der Waals surface area contributed by atoms with Gasteiger partial charge in [0.2, 0.25) is 17.7 Å². The van der Waals surface area contributed by atoms with Crippen LogP contribution in [0, 0.1) is 5.92 Å². The second-order valence-corrected chi connectivity index (χ2v) is 12.7. The highest BCUT2D eigenvalue weighted by atomic mass is 16.5. The monoisotopic (exact) mass is 617 g/mol. The molecule has 2 fully saturated rings. The van der Waals surface area contributed by atoms with Crippen molar-refractivity contribution in [2.75, 3.05) is 20.7 Å². The highest BCUT2D eigenvalue weighted by Crippen LogP contribution is 2.32. The zero-order valence-electron chi connectivity index (χ0n) is 26.6. The van der Waals surface area contributed by atoms with Crippen LogP contribution < -0.4 is 26.0 Å². The number of nitrogens with zero attached hydrogens (tertiary/aromatic N) is 1. The zero-order chi connectivity index (χ0) is 31.9. The van der Waals surface area contributed by atoms with Gasteiger partial charge in [-0.2, -0.15) is 0 Å². The van der Waals surface area contributed by atoms with Crippen molar-refractivity contribution < 1.29 is 23.9 Å². The van der Waals surface area contributed by atoms with E-state index in [-0.39, 0.29) is 48.6 Å². The number of fused-ring (bicyclic) bond motifs is 1. The van der Waals surface area contributed by atoms with Crippen molar-refractivity contribution in [2.24, 2.45) is 5.92 Å². The molecule has 10 nitrogen and oxygen atoms in total. The normalized spacial score (nSPS) is 22.9. The molecule has 5 rings (SSSR count). The summed E-state index contributed by atoms with van der Waals surface area (Å²) in [5, 5.41) is 12.3. The maximum Gasteiger partial charge on any atom is 0.251 e. The summed E-state index contributed by atoms with van der Waals surface area (Å²) in [6.07, 6.45) is 7.81. The molecule has 10 heteroatoms. The fourth-order valence-electron chi connectivity index (χ4n) is 7.07. The average Bonchev–Trinajstić information content (AvgIpc) is 3.50. The topological polar surface area (TPSA) is 129 Å². The third-order valence-electron chi connectivity index (χ3n) is 9.75. The number of hydrogen-bond acceptors (Lipinski definition) is 6. The van der Waals surface area contributed by atoms with Gasteiger partial charge in [-0.25, -0.2) is 0 Å². The smallest absolute Gasteiger partial charge is 0.251 e. The Morgan fingerprint density at radius 1 is 0.933 bits per heavy atom. The number of ether oxygens (including phenoxy) is 1. The lowest BCUT2D eigenvalue weighted by molar-refractivity contribution is -0.143. The molecule has 4 N–H and O–H groups in total. The molecule has 1 aliphatic heterocycles. The standard InChI is InChI=1S/C35H47N5O5/c1-22(36-2)32(41)39-31(24-12-5-4-6-13-24)35(44)40-21-26(37-33(42)25-15-9-16-27(19-25)45-3)20-30(40)34(43)38-29-18-10-14-23-11-7-8-17-28(23)29/h7-9,11,15-17,19,22,24,26,29-31,36H,4-6,10,12-14,18,20-21H2,1-3H3,(H,37,42)(H,38,43)(H,39,41)/t22-,26+,29+,30-,31-/m0/s1. The molecule has 2 aromatic carbocycles. The third kappa shape index (κ3) is 7.66. The van der Waals surface area contributed by atoms with Crippen LogP contribution in [0.4, 0.5) is 0 Å². The summed E-state index contributed by atoms with van der Waals surface area (Å²) < 4.78 is 5.28. The van der Waals surface area contributed by atoms with Crippen molar-refractivity contribution in [3.8, 4) is 5.75 Å². The van der Waals surface area contributed by atoms with Crippen LogP contribution in [0.1, 0.15) is 85.8 Å². The minimum Gasteiger partial charge on any atom is -0.497 e. The van der Waals surface area contributed by atoms with Gasteiger partial charge in [-0.1, -0.05) is 49.6 Å². The van der Waals surface area contributed by atoms with Crippen LogP contribution >= 0.6 is 0 Å². The molecule has 2 aliphatic carbocycles. The molecule has 0 spiro atoms. The number of aryl methyl sites for hydroxylation is 1. The van der Waals surface area contributed by atoms with E-state index in [4.69, 9.17) is 4.74 Å². The van der Waals surface area contributed by atoms with E-state index in [0.29, 0.717) is 11.3 Å². The van der Waals surface area contributed by atoms with E-state index in [1.807, 2.05) is 12.1 Å². The molecule has 5 atom stereocenters. The molecule has 242 valence electrons. The van der Waals surface area contributed by atoms with Crippen molar-refractivity contribution in [3.05, 3.63) is 65.2 Å². The van der Waals surface area contributed by atoms with E-state index in [1.54, 1.807) is 50.2 Å². The predicted octanol–water partition coefficient (Wildman–Crippen LogP) is 3.26. The van der Waals surface area contributed by atoms with Gasteiger partial charge in [0, 0.05) is 18.2 Å². The third-order valence-corrected chi connectivity index (χ3v) is 9.75. The van der Waals surface area contributed by atoms with Gasteiger partial charge in [0.05, 0.1) is 19.2 Å². The SMILES string of the molecule is CN[C@@H](C)C(=O)N[C@H](C(=O)N1C[C@H](NC(=O)c2cccc(OC)c2)C[C@H]1C(=O)N[C@@H]1CCCc2ccccc21)C1CCCCC1. The Balaban J connectivity index is 1.40. The largest absolute Gasteiger partial charge is 0.497 e. The summed E-state index contributed by atoms with van der Waals surface area (Å²) >= 11 is 0. The van der Waals surface area contributed by atoms with Crippen LogP contribution in [0.15, 0.2) is 48.5 Å². The first-order valence-electron chi connectivity index (χ1n) is 16.4. The van der Waals surface area contributed by atoms with Crippen LogP contribution in [0.5, 0.6) is 5.75 Å². The summed E-state index contributed by atoms with van der Waals surface area (Å²) in [7, 11) is 3.26. The number of rotatable bonds is 10. The Morgan fingerprint density at radius 2 is 1.71 bits per heavy atom. The lowest BCUT2D eigenvalue weighted by atomic mass is 9.83. The summed E-state index contributed by atoms with van der Waals surface area (Å²) in [5.74, 6) is -0.491.